The number of fused-ring (bicyclic) bond motifs is 1. The van der Waals surface area contributed by atoms with Crippen LogP contribution in [0, 0.1) is 0 Å². The maximum atomic E-state index is 12.4. The van der Waals surface area contributed by atoms with E-state index in [4.69, 9.17) is 0 Å². The van der Waals surface area contributed by atoms with Crippen molar-refractivity contribution in [2.75, 3.05) is 11.6 Å². The Balaban J connectivity index is 2.10. The van der Waals surface area contributed by atoms with E-state index in [1.807, 2.05) is 30.5 Å². The Morgan fingerprint density at radius 1 is 1.27 bits per heavy atom. The molecule has 0 bridgehead atoms. The Hall–Kier alpha value is -2.08. The van der Waals surface area contributed by atoms with Crippen LogP contribution in [-0.2, 0) is 11.2 Å². The van der Waals surface area contributed by atoms with E-state index in [1.165, 1.54) is 17.3 Å². The van der Waals surface area contributed by atoms with Crippen LogP contribution in [0.4, 0.5) is 5.82 Å². The third-order valence-electron chi connectivity index (χ3n) is 3.91. The highest BCUT2D eigenvalue weighted by Crippen LogP contribution is 2.34. The summed E-state index contributed by atoms with van der Waals surface area (Å²) in [4.78, 5) is 31.5. The van der Waals surface area contributed by atoms with Crippen LogP contribution in [0.5, 0.6) is 0 Å². The molecule has 114 valence electrons. The first-order valence-electron chi connectivity index (χ1n) is 7.19. The van der Waals surface area contributed by atoms with Gasteiger partial charge in [-0.05, 0) is 23.8 Å². The molecular formula is C16H17N3O2S. The first-order chi connectivity index (χ1) is 10.6. The molecule has 1 unspecified atom stereocenters. The number of amides is 1. The number of benzene rings is 1. The number of carbonyl (C=O) groups excluding carboxylic acids is 1. The SMILES string of the molecule is CCc1ccc(C2CC(=O)Nc3nc(SC)[nH]c(=O)c32)cc1. The van der Waals surface area contributed by atoms with E-state index in [-0.39, 0.29) is 23.8 Å². The topological polar surface area (TPSA) is 74.8 Å². The number of hydrogen-bond donors (Lipinski definition) is 2. The second-order valence-corrected chi connectivity index (χ2v) is 6.03. The molecule has 6 heteroatoms. The number of aromatic nitrogens is 2. The molecule has 0 aliphatic carbocycles. The normalized spacial score (nSPS) is 17.0. The zero-order valence-electron chi connectivity index (χ0n) is 12.5. The molecule has 1 amide bonds. The summed E-state index contributed by atoms with van der Waals surface area (Å²) in [6.45, 7) is 2.09. The van der Waals surface area contributed by atoms with Crippen LogP contribution in [0.1, 0.15) is 36.0 Å². The number of nitrogens with zero attached hydrogens (tertiary/aromatic N) is 1. The Bertz CT molecular complexity index is 768. The molecule has 0 saturated heterocycles. The summed E-state index contributed by atoms with van der Waals surface area (Å²) in [5, 5.41) is 3.22. The molecule has 2 aromatic rings. The monoisotopic (exact) mass is 315 g/mol. The van der Waals surface area contributed by atoms with Crippen LogP contribution in [0.15, 0.2) is 34.2 Å². The number of thioether (sulfide) groups is 1. The Morgan fingerprint density at radius 2 is 2.00 bits per heavy atom. The van der Waals surface area contributed by atoms with Gasteiger partial charge < -0.3 is 10.3 Å². The largest absolute Gasteiger partial charge is 0.310 e. The number of H-pyrrole nitrogens is 1. The molecular weight excluding hydrogens is 298 g/mol. The first kappa shape index (κ1) is 14.8. The minimum Gasteiger partial charge on any atom is -0.310 e. The van der Waals surface area contributed by atoms with Crippen molar-refractivity contribution in [1.29, 1.82) is 0 Å². The molecule has 1 aliphatic rings. The molecule has 0 spiro atoms. The molecule has 3 rings (SSSR count). The smallest absolute Gasteiger partial charge is 0.257 e. The lowest BCUT2D eigenvalue weighted by Crippen LogP contribution is -2.31. The van der Waals surface area contributed by atoms with Crippen LogP contribution in [0.25, 0.3) is 0 Å². The number of carbonyl (C=O) groups is 1. The van der Waals surface area contributed by atoms with Gasteiger partial charge >= 0.3 is 0 Å². The van der Waals surface area contributed by atoms with E-state index in [0.29, 0.717) is 16.5 Å². The summed E-state index contributed by atoms with van der Waals surface area (Å²) in [5.74, 6) is 0.0259. The van der Waals surface area contributed by atoms with E-state index in [1.54, 1.807) is 0 Å². The van der Waals surface area contributed by atoms with Crippen molar-refractivity contribution in [1.82, 2.24) is 9.97 Å². The van der Waals surface area contributed by atoms with E-state index in [0.717, 1.165) is 12.0 Å². The van der Waals surface area contributed by atoms with Gasteiger partial charge in [-0.3, -0.25) is 9.59 Å². The van der Waals surface area contributed by atoms with Crippen molar-refractivity contribution in [2.45, 2.75) is 30.8 Å². The van der Waals surface area contributed by atoms with E-state index in [2.05, 4.69) is 22.2 Å². The third-order valence-corrected chi connectivity index (χ3v) is 4.49. The molecule has 1 aromatic heterocycles. The van der Waals surface area contributed by atoms with Gasteiger partial charge in [0.1, 0.15) is 5.82 Å². The minimum absolute atomic E-state index is 0.109. The number of anilines is 1. The van der Waals surface area contributed by atoms with E-state index < -0.39 is 0 Å². The zero-order chi connectivity index (χ0) is 15.7. The van der Waals surface area contributed by atoms with Gasteiger partial charge in [0.2, 0.25) is 5.91 Å². The first-order valence-corrected chi connectivity index (χ1v) is 8.41. The molecule has 2 heterocycles. The fourth-order valence-electron chi connectivity index (χ4n) is 2.72. The minimum atomic E-state index is -0.248. The fourth-order valence-corrected chi connectivity index (χ4v) is 3.10. The maximum Gasteiger partial charge on any atom is 0.257 e. The predicted molar refractivity (Wildman–Crippen MR) is 87.5 cm³/mol. The lowest BCUT2D eigenvalue weighted by molar-refractivity contribution is -0.116. The fraction of sp³-hybridized carbons (Fsp3) is 0.312. The van der Waals surface area contributed by atoms with Crippen molar-refractivity contribution in [3.8, 4) is 0 Å². The average Bonchev–Trinajstić information content (AvgIpc) is 2.53. The van der Waals surface area contributed by atoms with Gasteiger partial charge in [-0.1, -0.05) is 43.0 Å². The number of aryl methyl sites for hydroxylation is 1. The van der Waals surface area contributed by atoms with Gasteiger partial charge in [0.15, 0.2) is 5.16 Å². The highest BCUT2D eigenvalue weighted by molar-refractivity contribution is 7.98. The zero-order valence-corrected chi connectivity index (χ0v) is 13.3. The van der Waals surface area contributed by atoms with Crippen molar-refractivity contribution >= 4 is 23.5 Å². The van der Waals surface area contributed by atoms with Gasteiger partial charge in [0, 0.05) is 12.3 Å². The Labute approximate surface area is 132 Å². The lowest BCUT2D eigenvalue weighted by Gasteiger charge is -2.24. The van der Waals surface area contributed by atoms with Crippen molar-refractivity contribution in [2.24, 2.45) is 0 Å². The second-order valence-electron chi connectivity index (χ2n) is 5.24. The van der Waals surface area contributed by atoms with Gasteiger partial charge in [0.05, 0.1) is 5.56 Å². The highest BCUT2D eigenvalue weighted by Gasteiger charge is 2.30. The van der Waals surface area contributed by atoms with Crippen molar-refractivity contribution < 1.29 is 4.79 Å². The van der Waals surface area contributed by atoms with Gasteiger partial charge in [0.25, 0.3) is 5.56 Å². The van der Waals surface area contributed by atoms with Gasteiger partial charge in [-0.2, -0.15) is 0 Å². The molecule has 0 saturated carbocycles. The quantitative estimate of drug-likeness (QED) is 0.674. The summed E-state index contributed by atoms with van der Waals surface area (Å²) >= 11 is 1.34. The van der Waals surface area contributed by atoms with Gasteiger partial charge in [-0.15, -0.1) is 0 Å². The summed E-state index contributed by atoms with van der Waals surface area (Å²) < 4.78 is 0. The van der Waals surface area contributed by atoms with Crippen molar-refractivity contribution in [3.63, 3.8) is 0 Å². The summed E-state index contributed by atoms with van der Waals surface area (Å²) in [6.07, 6.45) is 3.05. The third kappa shape index (κ3) is 2.66. The predicted octanol–water partition coefficient (Wildman–Crippen LogP) is 2.53. The molecule has 0 radical (unpaired) electrons. The highest BCUT2D eigenvalue weighted by atomic mass is 32.2. The van der Waals surface area contributed by atoms with Crippen molar-refractivity contribution in [3.05, 3.63) is 51.3 Å². The second kappa shape index (κ2) is 5.96. The maximum absolute atomic E-state index is 12.4. The van der Waals surface area contributed by atoms with Crippen LogP contribution in [0.2, 0.25) is 0 Å². The molecule has 1 aromatic carbocycles. The Kier molecular flexibility index (Phi) is 4.02. The number of hydrogen-bond acceptors (Lipinski definition) is 4. The van der Waals surface area contributed by atoms with Crippen LogP contribution < -0.4 is 10.9 Å². The molecule has 1 atom stereocenters. The summed E-state index contributed by atoms with van der Waals surface area (Å²) in [5.41, 5.74) is 2.56. The molecule has 1 aliphatic heterocycles. The Morgan fingerprint density at radius 3 is 2.64 bits per heavy atom. The van der Waals surface area contributed by atoms with Crippen LogP contribution in [0.3, 0.4) is 0 Å². The van der Waals surface area contributed by atoms with Crippen LogP contribution in [-0.4, -0.2) is 22.1 Å². The number of rotatable bonds is 3. The molecule has 22 heavy (non-hydrogen) atoms. The standard InChI is InChI=1S/C16H17N3O2S/c1-3-9-4-6-10(7-5-9)11-8-12(20)17-14-13(11)15(21)19-16(18-14)22-2/h4-7,11H,3,8H2,1-2H3,(H2,17,18,19,20,21). The molecule has 5 nitrogen and oxygen atoms in total. The lowest BCUT2D eigenvalue weighted by atomic mass is 9.86. The summed E-state index contributed by atoms with van der Waals surface area (Å²) in [6, 6.07) is 8.07. The van der Waals surface area contributed by atoms with E-state index >= 15 is 0 Å². The van der Waals surface area contributed by atoms with Gasteiger partial charge in [-0.25, -0.2) is 4.98 Å². The number of aromatic amines is 1. The molecule has 0 fully saturated rings. The summed E-state index contributed by atoms with van der Waals surface area (Å²) in [7, 11) is 0. The molecule has 2 N–H and O–H groups in total. The number of nitrogens with one attached hydrogen (secondary N) is 2. The average molecular weight is 315 g/mol. The van der Waals surface area contributed by atoms with E-state index in [9.17, 15) is 9.59 Å². The van der Waals surface area contributed by atoms with Crippen LogP contribution >= 0.6 is 11.8 Å².